The molecule has 1 heterocycles. The molecule has 1 aromatic rings. The Hall–Kier alpha value is -0.850. The number of nitrogens with zero attached hydrogens (tertiary/aromatic N) is 2. The van der Waals surface area contributed by atoms with Gasteiger partial charge in [0.05, 0.1) is 0 Å². The lowest BCUT2D eigenvalue weighted by Gasteiger charge is -2.20. The van der Waals surface area contributed by atoms with Crippen molar-refractivity contribution in [3.8, 4) is 0 Å². The molecule has 0 radical (unpaired) electrons. The Labute approximate surface area is 127 Å². The Morgan fingerprint density at radius 3 is 2.62 bits per heavy atom. The Bertz CT molecular complexity index is 600. The summed E-state index contributed by atoms with van der Waals surface area (Å²) in [5.74, 6) is 0.588. The third-order valence-electron chi connectivity index (χ3n) is 4.33. The standard InChI is InChI=1S/C15H25N3O2S/c1-3-16-9-14-8-15(11-17(14)2)21(19,20)18(13-6-7-13)10-12-4-5-12/h8,11-13,16H,3-7,9-10H2,1-2H3. The fourth-order valence-corrected chi connectivity index (χ4v) is 4.50. The van der Waals surface area contributed by atoms with Crippen LogP contribution in [-0.2, 0) is 23.6 Å². The highest BCUT2D eigenvalue weighted by Crippen LogP contribution is 2.38. The lowest BCUT2D eigenvalue weighted by atomic mass is 10.4. The first-order chi connectivity index (χ1) is 10.0. The van der Waals surface area contributed by atoms with E-state index in [2.05, 4.69) is 5.32 Å². The highest BCUT2D eigenvalue weighted by molar-refractivity contribution is 7.89. The fraction of sp³-hybridized carbons (Fsp3) is 0.733. The summed E-state index contributed by atoms with van der Waals surface area (Å²) in [6.07, 6.45) is 6.15. The molecule has 0 atom stereocenters. The van der Waals surface area contributed by atoms with E-state index in [1.807, 2.05) is 24.6 Å². The predicted molar refractivity (Wildman–Crippen MR) is 82.4 cm³/mol. The summed E-state index contributed by atoms with van der Waals surface area (Å²) < 4.78 is 29.5. The van der Waals surface area contributed by atoms with Gasteiger partial charge in [-0.1, -0.05) is 6.92 Å². The third kappa shape index (κ3) is 3.33. The van der Waals surface area contributed by atoms with Gasteiger partial charge in [0, 0.05) is 38.1 Å². The summed E-state index contributed by atoms with van der Waals surface area (Å²) in [6.45, 7) is 4.34. The van der Waals surface area contributed by atoms with Gasteiger partial charge in [-0.3, -0.25) is 0 Å². The van der Waals surface area contributed by atoms with Crippen LogP contribution in [0.3, 0.4) is 0 Å². The molecule has 2 aliphatic carbocycles. The van der Waals surface area contributed by atoms with E-state index in [1.54, 1.807) is 10.5 Å². The molecule has 2 aliphatic rings. The molecule has 0 amide bonds. The second-order valence-electron chi connectivity index (χ2n) is 6.31. The molecule has 0 aromatic carbocycles. The maximum atomic E-state index is 12.9. The summed E-state index contributed by atoms with van der Waals surface area (Å²) in [4.78, 5) is 0.449. The highest BCUT2D eigenvalue weighted by Gasteiger charge is 2.41. The molecule has 1 N–H and O–H groups in total. The first-order valence-corrected chi connectivity index (χ1v) is 9.34. The minimum Gasteiger partial charge on any atom is -0.352 e. The molecule has 0 saturated heterocycles. The lowest BCUT2D eigenvalue weighted by molar-refractivity contribution is 0.389. The van der Waals surface area contributed by atoms with Crippen molar-refractivity contribution in [3.63, 3.8) is 0 Å². The number of nitrogens with one attached hydrogen (secondary N) is 1. The second-order valence-corrected chi connectivity index (χ2v) is 8.20. The quantitative estimate of drug-likeness (QED) is 0.795. The van der Waals surface area contributed by atoms with Gasteiger partial charge in [0.1, 0.15) is 4.90 Å². The zero-order valence-electron chi connectivity index (χ0n) is 12.9. The van der Waals surface area contributed by atoms with E-state index in [9.17, 15) is 8.42 Å². The van der Waals surface area contributed by atoms with E-state index in [0.717, 1.165) is 25.1 Å². The van der Waals surface area contributed by atoms with Gasteiger partial charge in [-0.05, 0) is 44.2 Å². The van der Waals surface area contributed by atoms with Gasteiger partial charge in [-0.25, -0.2) is 8.42 Å². The molecule has 0 bridgehead atoms. The average Bonchev–Trinajstić information content (AvgIpc) is 3.33. The van der Waals surface area contributed by atoms with Gasteiger partial charge in [0.2, 0.25) is 10.0 Å². The zero-order valence-corrected chi connectivity index (χ0v) is 13.7. The van der Waals surface area contributed by atoms with E-state index >= 15 is 0 Å². The minimum atomic E-state index is -3.33. The van der Waals surface area contributed by atoms with Gasteiger partial charge < -0.3 is 9.88 Å². The van der Waals surface area contributed by atoms with Crippen molar-refractivity contribution in [2.75, 3.05) is 13.1 Å². The normalized spacial score (nSPS) is 19.4. The highest BCUT2D eigenvalue weighted by atomic mass is 32.2. The first kappa shape index (κ1) is 15.1. The Balaban J connectivity index is 1.82. The number of sulfonamides is 1. The number of rotatable bonds is 8. The predicted octanol–water partition coefficient (Wildman–Crippen LogP) is 1.70. The molecule has 21 heavy (non-hydrogen) atoms. The molecular weight excluding hydrogens is 286 g/mol. The van der Waals surface area contributed by atoms with Crippen LogP contribution in [-0.4, -0.2) is 36.4 Å². The molecule has 6 heteroatoms. The summed E-state index contributed by atoms with van der Waals surface area (Å²) in [7, 11) is -1.42. The molecule has 3 rings (SSSR count). The maximum absolute atomic E-state index is 12.9. The number of aromatic nitrogens is 1. The van der Waals surface area contributed by atoms with E-state index in [0.29, 0.717) is 23.9 Å². The van der Waals surface area contributed by atoms with Crippen molar-refractivity contribution in [2.24, 2.45) is 13.0 Å². The van der Waals surface area contributed by atoms with Crippen LogP contribution in [0.25, 0.3) is 0 Å². The Kier molecular flexibility index (Phi) is 4.12. The topological polar surface area (TPSA) is 54.3 Å². The fourth-order valence-electron chi connectivity index (χ4n) is 2.64. The molecule has 0 aliphatic heterocycles. The van der Waals surface area contributed by atoms with E-state index in [4.69, 9.17) is 0 Å². The van der Waals surface area contributed by atoms with Crippen molar-refractivity contribution < 1.29 is 8.42 Å². The number of hydrogen-bond donors (Lipinski definition) is 1. The maximum Gasteiger partial charge on any atom is 0.244 e. The minimum absolute atomic E-state index is 0.244. The van der Waals surface area contributed by atoms with Crippen LogP contribution >= 0.6 is 0 Å². The van der Waals surface area contributed by atoms with Crippen molar-refractivity contribution in [1.82, 2.24) is 14.2 Å². The van der Waals surface area contributed by atoms with Crippen molar-refractivity contribution >= 4 is 10.0 Å². The molecule has 118 valence electrons. The van der Waals surface area contributed by atoms with Gasteiger partial charge in [-0.2, -0.15) is 4.31 Å². The summed E-state index contributed by atoms with van der Waals surface area (Å²) in [6, 6.07) is 2.06. The van der Waals surface area contributed by atoms with Crippen LogP contribution in [0.1, 0.15) is 38.3 Å². The number of hydrogen-bond acceptors (Lipinski definition) is 3. The monoisotopic (exact) mass is 311 g/mol. The summed E-state index contributed by atoms with van der Waals surface area (Å²) in [5, 5.41) is 3.25. The smallest absolute Gasteiger partial charge is 0.244 e. The Morgan fingerprint density at radius 1 is 1.33 bits per heavy atom. The van der Waals surface area contributed by atoms with Gasteiger partial charge in [0.25, 0.3) is 0 Å². The van der Waals surface area contributed by atoms with Gasteiger partial charge in [-0.15, -0.1) is 0 Å². The van der Waals surface area contributed by atoms with E-state index in [-0.39, 0.29) is 6.04 Å². The zero-order chi connectivity index (χ0) is 15.0. The molecule has 1 aromatic heterocycles. The summed E-state index contributed by atoms with van der Waals surface area (Å²) >= 11 is 0. The molecule has 0 spiro atoms. The van der Waals surface area contributed by atoms with Crippen LogP contribution < -0.4 is 5.32 Å². The third-order valence-corrected chi connectivity index (χ3v) is 6.22. The molecule has 5 nitrogen and oxygen atoms in total. The van der Waals surface area contributed by atoms with E-state index < -0.39 is 10.0 Å². The van der Waals surface area contributed by atoms with Crippen molar-refractivity contribution in [3.05, 3.63) is 18.0 Å². The van der Waals surface area contributed by atoms with E-state index in [1.165, 1.54) is 12.8 Å². The van der Waals surface area contributed by atoms with Crippen LogP contribution in [0.15, 0.2) is 17.2 Å². The van der Waals surface area contributed by atoms with Crippen LogP contribution in [0.2, 0.25) is 0 Å². The molecular formula is C15H25N3O2S. The lowest BCUT2D eigenvalue weighted by Crippen LogP contribution is -2.34. The molecule has 0 unspecified atom stereocenters. The second kappa shape index (κ2) is 5.74. The van der Waals surface area contributed by atoms with Crippen LogP contribution in [0, 0.1) is 5.92 Å². The van der Waals surface area contributed by atoms with Crippen LogP contribution in [0.4, 0.5) is 0 Å². The molecule has 2 saturated carbocycles. The molecule has 2 fully saturated rings. The van der Waals surface area contributed by atoms with Gasteiger partial charge >= 0.3 is 0 Å². The largest absolute Gasteiger partial charge is 0.352 e. The van der Waals surface area contributed by atoms with Crippen molar-refractivity contribution in [2.45, 2.75) is 50.1 Å². The van der Waals surface area contributed by atoms with Gasteiger partial charge in [0.15, 0.2) is 0 Å². The Morgan fingerprint density at radius 2 is 2.05 bits per heavy atom. The van der Waals surface area contributed by atoms with Crippen molar-refractivity contribution in [1.29, 1.82) is 0 Å². The SMILES string of the molecule is CCNCc1cc(S(=O)(=O)N(CC2CC2)C2CC2)cn1C. The first-order valence-electron chi connectivity index (χ1n) is 7.90. The van der Waals surface area contributed by atoms with Crippen LogP contribution in [0.5, 0.6) is 0 Å². The summed E-state index contributed by atoms with van der Waals surface area (Å²) in [5.41, 5.74) is 1.01. The number of aryl methyl sites for hydroxylation is 1. The average molecular weight is 311 g/mol.